The van der Waals surface area contributed by atoms with Crippen molar-refractivity contribution in [2.75, 3.05) is 20.3 Å². The molecule has 0 aliphatic heterocycles. The zero-order valence-electron chi connectivity index (χ0n) is 10.8. The first kappa shape index (κ1) is 16.8. The van der Waals surface area contributed by atoms with E-state index in [0.717, 1.165) is 12.1 Å². The summed E-state index contributed by atoms with van der Waals surface area (Å²) in [6.45, 7) is 0.499. The number of amides is 1. The lowest BCUT2D eigenvalue weighted by molar-refractivity contribution is -0.137. The summed E-state index contributed by atoms with van der Waals surface area (Å²) >= 11 is 5.86. The highest BCUT2D eigenvalue weighted by atomic mass is 35.5. The summed E-state index contributed by atoms with van der Waals surface area (Å²) in [5.41, 5.74) is -1.34. The monoisotopic (exact) mass is 309 g/mol. The van der Waals surface area contributed by atoms with Crippen molar-refractivity contribution in [2.24, 2.45) is 0 Å². The summed E-state index contributed by atoms with van der Waals surface area (Å²) in [6, 6.07) is 4.65. The number of benzene rings is 1. The molecule has 0 aliphatic rings. The van der Waals surface area contributed by atoms with Crippen LogP contribution in [0.4, 0.5) is 13.2 Å². The maximum absolute atomic E-state index is 12.7. The molecule has 1 aromatic rings. The number of carbonyl (C=O) groups excluding carboxylic acids is 1. The third-order valence-corrected chi connectivity index (χ3v) is 2.91. The Labute approximate surface area is 120 Å². The van der Waals surface area contributed by atoms with E-state index in [1.54, 1.807) is 0 Å². The minimum Gasteiger partial charge on any atom is -0.383 e. The minimum atomic E-state index is -4.56. The Hall–Kier alpha value is -1.27. The van der Waals surface area contributed by atoms with Gasteiger partial charge in [0.2, 0.25) is 0 Å². The predicted octanol–water partition coefficient (Wildman–Crippen LogP) is 3.08. The summed E-state index contributed by atoms with van der Waals surface area (Å²) in [5.74, 6) is -0.765. The summed E-state index contributed by atoms with van der Waals surface area (Å²) in [6.07, 6.45) is -4.14. The lowest BCUT2D eigenvalue weighted by atomic mass is 10.1. The van der Waals surface area contributed by atoms with Gasteiger partial charge < -0.3 is 10.1 Å². The van der Waals surface area contributed by atoms with Gasteiger partial charge in [-0.1, -0.05) is 12.1 Å². The number of carbonyl (C=O) groups is 1. The Kier molecular flexibility index (Phi) is 6.29. The van der Waals surface area contributed by atoms with Crippen LogP contribution in [0.25, 0.3) is 0 Å². The van der Waals surface area contributed by atoms with Gasteiger partial charge in [0.1, 0.15) is 0 Å². The molecule has 0 heterocycles. The molecule has 0 spiro atoms. The van der Waals surface area contributed by atoms with E-state index in [2.05, 4.69) is 5.32 Å². The highest BCUT2D eigenvalue weighted by Crippen LogP contribution is 2.31. The molecule has 1 amide bonds. The molecule has 0 aromatic heterocycles. The van der Waals surface area contributed by atoms with Crippen molar-refractivity contribution in [1.29, 1.82) is 0 Å². The summed E-state index contributed by atoms with van der Waals surface area (Å²) in [7, 11) is 1.49. The fourth-order valence-electron chi connectivity index (χ4n) is 1.63. The molecule has 0 fully saturated rings. The van der Waals surface area contributed by atoms with Crippen LogP contribution in [0, 0.1) is 0 Å². The molecule has 1 N–H and O–H groups in total. The van der Waals surface area contributed by atoms with Gasteiger partial charge in [-0.2, -0.15) is 13.2 Å². The molecule has 112 valence electrons. The highest BCUT2D eigenvalue weighted by Gasteiger charge is 2.34. The molecular formula is C13H15ClF3NO2. The Morgan fingerprint density at radius 3 is 2.65 bits per heavy atom. The molecular weight excluding hydrogens is 295 g/mol. The molecule has 0 saturated carbocycles. The maximum Gasteiger partial charge on any atom is 0.417 e. The van der Waals surface area contributed by atoms with Crippen molar-refractivity contribution < 1.29 is 22.7 Å². The smallest absolute Gasteiger partial charge is 0.383 e. The van der Waals surface area contributed by atoms with E-state index in [4.69, 9.17) is 16.3 Å². The van der Waals surface area contributed by atoms with Crippen LogP contribution in [0.15, 0.2) is 24.3 Å². The lowest BCUT2D eigenvalue weighted by Gasteiger charge is -2.13. The van der Waals surface area contributed by atoms with E-state index in [1.807, 2.05) is 0 Å². The molecule has 0 bridgehead atoms. The van der Waals surface area contributed by atoms with Crippen LogP contribution in [0.3, 0.4) is 0 Å². The fraction of sp³-hybridized carbons (Fsp3) is 0.462. The molecule has 1 atom stereocenters. The maximum atomic E-state index is 12.7. The van der Waals surface area contributed by atoms with Crippen LogP contribution in [0.1, 0.15) is 22.3 Å². The number of alkyl halides is 4. The van der Waals surface area contributed by atoms with E-state index >= 15 is 0 Å². The van der Waals surface area contributed by atoms with Crippen LogP contribution < -0.4 is 5.32 Å². The average Bonchev–Trinajstić information content (AvgIpc) is 2.38. The molecule has 0 saturated heterocycles. The van der Waals surface area contributed by atoms with Crippen molar-refractivity contribution in [1.82, 2.24) is 5.32 Å². The van der Waals surface area contributed by atoms with E-state index in [-0.39, 0.29) is 11.9 Å². The topological polar surface area (TPSA) is 38.3 Å². The number of ether oxygens (including phenoxy) is 1. The largest absolute Gasteiger partial charge is 0.417 e. The van der Waals surface area contributed by atoms with Gasteiger partial charge in [0, 0.05) is 13.7 Å². The van der Waals surface area contributed by atoms with Gasteiger partial charge in [0.15, 0.2) is 0 Å². The van der Waals surface area contributed by atoms with Gasteiger partial charge in [-0.3, -0.25) is 4.79 Å². The van der Waals surface area contributed by atoms with Gasteiger partial charge in [0.25, 0.3) is 5.91 Å². The number of rotatable bonds is 6. The molecule has 1 unspecified atom stereocenters. The van der Waals surface area contributed by atoms with Crippen LogP contribution in [0.2, 0.25) is 0 Å². The molecule has 20 heavy (non-hydrogen) atoms. The second-order valence-electron chi connectivity index (χ2n) is 4.14. The van der Waals surface area contributed by atoms with Crippen molar-refractivity contribution in [3.8, 4) is 0 Å². The third-order valence-electron chi connectivity index (χ3n) is 2.57. The fourth-order valence-corrected chi connectivity index (χ4v) is 1.87. The third kappa shape index (κ3) is 5.02. The SMILES string of the molecule is COCC(Cl)CCNC(=O)c1ccccc1C(F)(F)F. The summed E-state index contributed by atoms with van der Waals surface area (Å²) < 4.78 is 43.0. The van der Waals surface area contributed by atoms with Gasteiger partial charge in [0.05, 0.1) is 23.1 Å². The zero-order valence-corrected chi connectivity index (χ0v) is 11.6. The van der Waals surface area contributed by atoms with Crippen molar-refractivity contribution in [3.63, 3.8) is 0 Å². The van der Waals surface area contributed by atoms with Gasteiger partial charge >= 0.3 is 6.18 Å². The Morgan fingerprint density at radius 1 is 1.40 bits per heavy atom. The van der Waals surface area contributed by atoms with Crippen LogP contribution in [0.5, 0.6) is 0 Å². The highest BCUT2D eigenvalue weighted by molar-refractivity contribution is 6.20. The average molecular weight is 310 g/mol. The van der Waals surface area contributed by atoms with E-state index in [0.29, 0.717) is 13.0 Å². The van der Waals surface area contributed by atoms with Crippen molar-refractivity contribution in [3.05, 3.63) is 35.4 Å². The number of hydrogen-bond acceptors (Lipinski definition) is 2. The number of nitrogens with one attached hydrogen (secondary N) is 1. The molecule has 7 heteroatoms. The summed E-state index contributed by atoms with van der Waals surface area (Å²) in [5, 5.41) is 2.13. The predicted molar refractivity (Wildman–Crippen MR) is 69.9 cm³/mol. The van der Waals surface area contributed by atoms with E-state index in [1.165, 1.54) is 19.2 Å². The van der Waals surface area contributed by atoms with Crippen molar-refractivity contribution in [2.45, 2.75) is 18.0 Å². The molecule has 0 radical (unpaired) electrons. The van der Waals surface area contributed by atoms with E-state index < -0.39 is 23.2 Å². The minimum absolute atomic E-state index is 0.183. The second-order valence-corrected chi connectivity index (χ2v) is 4.76. The van der Waals surface area contributed by atoms with E-state index in [9.17, 15) is 18.0 Å². The Bertz CT molecular complexity index is 451. The second kappa shape index (κ2) is 7.50. The molecule has 1 rings (SSSR count). The van der Waals surface area contributed by atoms with Crippen molar-refractivity contribution >= 4 is 17.5 Å². The molecule has 1 aromatic carbocycles. The van der Waals surface area contributed by atoms with Gasteiger partial charge in [-0.25, -0.2) is 0 Å². The normalized spacial score (nSPS) is 13.1. The number of hydrogen-bond donors (Lipinski definition) is 1. The first-order chi connectivity index (χ1) is 9.36. The number of methoxy groups -OCH3 is 1. The number of halogens is 4. The Morgan fingerprint density at radius 2 is 2.05 bits per heavy atom. The van der Waals surface area contributed by atoms with Crippen LogP contribution in [-0.4, -0.2) is 31.5 Å². The lowest BCUT2D eigenvalue weighted by Crippen LogP contribution is -2.29. The molecule has 3 nitrogen and oxygen atoms in total. The van der Waals surface area contributed by atoms with Gasteiger partial charge in [-0.15, -0.1) is 11.6 Å². The first-order valence-electron chi connectivity index (χ1n) is 5.93. The standard InChI is InChI=1S/C13H15ClF3NO2/c1-20-8-9(14)6-7-18-12(19)10-4-2-3-5-11(10)13(15,16)17/h2-5,9H,6-8H2,1H3,(H,18,19). The zero-order chi connectivity index (χ0) is 15.2. The first-order valence-corrected chi connectivity index (χ1v) is 6.37. The van der Waals surface area contributed by atoms with Gasteiger partial charge in [-0.05, 0) is 18.6 Å². The molecule has 0 aliphatic carbocycles. The van der Waals surface area contributed by atoms with Crippen LogP contribution >= 0.6 is 11.6 Å². The summed E-state index contributed by atoms with van der Waals surface area (Å²) in [4.78, 5) is 11.8. The van der Waals surface area contributed by atoms with Crippen LogP contribution in [-0.2, 0) is 10.9 Å². The Balaban J connectivity index is 2.65. The quantitative estimate of drug-likeness (QED) is 0.820.